The molecule has 0 amide bonds. The average Bonchev–Trinajstić information content (AvgIpc) is 2.37. The Hall–Kier alpha value is -1.61. The number of ether oxygens (including phenoxy) is 1. The van der Waals surface area contributed by atoms with E-state index in [-0.39, 0.29) is 0 Å². The van der Waals surface area contributed by atoms with E-state index >= 15 is 0 Å². The van der Waals surface area contributed by atoms with Gasteiger partial charge in [-0.2, -0.15) is 5.26 Å². The molecular formula is C14H11IN2O. The van der Waals surface area contributed by atoms with Crippen LogP contribution in [0.25, 0.3) is 0 Å². The predicted molar refractivity (Wildman–Crippen MR) is 77.2 cm³/mol. The number of aryl methyl sites for hydroxylation is 1. The van der Waals surface area contributed by atoms with E-state index in [0.29, 0.717) is 12.2 Å². The van der Waals surface area contributed by atoms with Crippen LogP contribution in [0.1, 0.15) is 16.8 Å². The van der Waals surface area contributed by atoms with Gasteiger partial charge in [0.2, 0.25) is 0 Å². The highest BCUT2D eigenvalue weighted by molar-refractivity contribution is 14.1. The maximum atomic E-state index is 8.79. The van der Waals surface area contributed by atoms with Crippen molar-refractivity contribution in [2.75, 3.05) is 0 Å². The summed E-state index contributed by atoms with van der Waals surface area (Å²) in [5, 5.41) is 8.79. The molecule has 0 saturated heterocycles. The van der Waals surface area contributed by atoms with Crippen molar-refractivity contribution in [3.63, 3.8) is 0 Å². The van der Waals surface area contributed by atoms with Crippen molar-refractivity contribution in [3.8, 4) is 11.8 Å². The second-order valence-electron chi connectivity index (χ2n) is 3.87. The lowest BCUT2D eigenvalue weighted by Gasteiger charge is -2.08. The number of rotatable bonds is 3. The summed E-state index contributed by atoms with van der Waals surface area (Å²) < 4.78 is 6.63. The molecule has 0 unspecified atom stereocenters. The van der Waals surface area contributed by atoms with Crippen LogP contribution in [0, 0.1) is 21.8 Å². The highest BCUT2D eigenvalue weighted by atomic mass is 127. The number of halogens is 1. The molecule has 2 aromatic rings. The third-order valence-corrected chi connectivity index (χ3v) is 3.25. The van der Waals surface area contributed by atoms with Gasteiger partial charge in [-0.15, -0.1) is 0 Å². The van der Waals surface area contributed by atoms with Crippen molar-refractivity contribution < 1.29 is 4.74 Å². The highest BCUT2D eigenvalue weighted by Gasteiger charge is 2.03. The molecule has 0 spiro atoms. The van der Waals surface area contributed by atoms with Gasteiger partial charge in [-0.25, -0.2) is 0 Å². The Balaban J connectivity index is 2.09. The summed E-state index contributed by atoms with van der Waals surface area (Å²) in [6, 6.07) is 11.4. The van der Waals surface area contributed by atoms with Gasteiger partial charge in [0.1, 0.15) is 12.4 Å². The molecule has 0 aliphatic carbocycles. The monoisotopic (exact) mass is 350 g/mol. The fourth-order valence-corrected chi connectivity index (χ4v) is 2.19. The Morgan fingerprint density at radius 3 is 2.83 bits per heavy atom. The fourth-order valence-electron chi connectivity index (χ4n) is 1.52. The van der Waals surface area contributed by atoms with Gasteiger partial charge < -0.3 is 4.74 Å². The van der Waals surface area contributed by atoms with Crippen LogP contribution in [0.2, 0.25) is 0 Å². The van der Waals surface area contributed by atoms with Gasteiger partial charge in [0.05, 0.1) is 20.9 Å². The Kier molecular flexibility index (Phi) is 4.15. The largest absolute Gasteiger partial charge is 0.486 e. The lowest BCUT2D eigenvalue weighted by Crippen LogP contribution is -1.99. The second kappa shape index (κ2) is 5.83. The Morgan fingerprint density at radius 1 is 1.33 bits per heavy atom. The summed E-state index contributed by atoms with van der Waals surface area (Å²) in [5.74, 6) is 0.776. The quantitative estimate of drug-likeness (QED) is 0.797. The molecule has 0 fully saturated rings. The summed E-state index contributed by atoms with van der Waals surface area (Å²) in [6.45, 7) is 2.46. The molecule has 0 aliphatic rings. The van der Waals surface area contributed by atoms with E-state index in [1.807, 2.05) is 25.1 Å². The SMILES string of the molecule is Cc1ccnc(COc2ccc(C#N)cc2I)c1. The number of aromatic nitrogens is 1. The molecule has 3 nitrogen and oxygen atoms in total. The van der Waals surface area contributed by atoms with Crippen molar-refractivity contribution in [1.29, 1.82) is 5.26 Å². The lowest BCUT2D eigenvalue weighted by molar-refractivity contribution is 0.299. The van der Waals surface area contributed by atoms with E-state index < -0.39 is 0 Å². The van der Waals surface area contributed by atoms with Crippen LogP contribution in [0.4, 0.5) is 0 Å². The topological polar surface area (TPSA) is 45.9 Å². The molecule has 0 saturated carbocycles. The first kappa shape index (κ1) is 12.8. The molecule has 2 rings (SSSR count). The number of pyridine rings is 1. The Bertz CT molecular complexity index is 605. The van der Waals surface area contributed by atoms with E-state index in [2.05, 4.69) is 33.6 Å². The minimum absolute atomic E-state index is 0.434. The van der Waals surface area contributed by atoms with Gasteiger partial charge in [-0.05, 0) is 65.4 Å². The molecule has 0 aliphatic heterocycles. The van der Waals surface area contributed by atoms with Crippen LogP contribution in [-0.4, -0.2) is 4.98 Å². The van der Waals surface area contributed by atoms with E-state index in [4.69, 9.17) is 10.00 Å². The Morgan fingerprint density at radius 2 is 2.17 bits per heavy atom. The normalized spacial score (nSPS) is 9.83. The highest BCUT2D eigenvalue weighted by Crippen LogP contribution is 2.22. The number of hydrogen-bond donors (Lipinski definition) is 0. The van der Waals surface area contributed by atoms with Crippen molar-refractivity contribution in [1.82, 2.24) is 4.98 Å². The summed E-state index contributed by atoms with van der Waals surface area (Å²) >= 11 is 2.16. The summed E-state index contributed by atoms with van der Waals surface area (Å²) in [4.78, 5) is 4.24. The van der Waals surface area contributed by atoms with E-state index in [9.17, 15) is 0 Å². The van der Waals surface area contributed by atoms with Gasteiger partial charge >= 0.3 is 0 Å². The van der Waals surface area contributed by atoms with Gasteiger partial charge in [0.15, 0.2) is 0 Å². The van der Waals surface area contributed by atoms with Crippen LogP contribution >= 0.6 is 22.6 Å². The molecule has 4 heteroatoms. The van der Waals surface area contributed by atoms with Crippen molar-refractivity contribution in [2.24, 2.45) is 0 Å². The van der Waals surface area contributed by atoms with Gasteiger partial charge in [-0.1, -0.05) is 0 Å². The van der Waals surface area contributed by atoms with Gasteiger partial charge in [-0.3, -0.25) is 4.98 Å². The molecule has 90 valence electrons. The van der Waals surface area contributed by atoms with Crippen LogP contribution in [0.3, 0.4) is 0 Å². The van der Waals surface area contributed by atoms with Gasteiger partial charge in [0.25, 0.3) is 0 Å². The number of hydrogen-bond acceptors (Lipinski definition) is 3. The summed E-state index contributed by atoms with van der Waals surface area (Å²) in [7, 11) is 0. The number of nitrogens with zero attached hydrogens (tertiary/aromatic N) is 2. The van der Waals surface area contributed by atoms with Crippen molar-refractivity contribution >= 4 is 22.6 Å². The zero-order chi connectivity index (χ0) is 13.0. The third kappa shape index (κ3) is 3.20. The molecule has 0 atom stereocenters. The smallest absolute Gasteiger partial charge is 0.133 e. The van der Waals surface area contributed by atoms with Crippen LogP contribution in [0.5, 0.6) is 5.75 Å². The first-order valence-electron chi connectivity index (χ1n) is 5.43. The first-order chi connectivity index (χ1) is 8.69. The molecule has 1 aromatic heterocycles. The number of nitriles is 1. The fraction of sp³-hybridized carbons (Fsp3) is 0.143. The number of benzene rings is 1. The van der Waals surface area contributed by atoms with E-state index in [1.165, 1.54) is 0 Å². The third-order valence-electron chi connectivity index (χ3n) is 2.41. The molecule has 0 radical (unpaired) electrons. The molecular weight excluding hydrogens is 339 g/mol. The van der Waals surface area contributed by atoms with Crippen LogP contribution in [-0.2, 0) is 6.61 Å². The minimum Gasteiger partial charge on any atom is -0.486 e. The standard InChI is InChI=1S/C14H11IN2O/c1-10-4-5-17-12(6-10)9-18-14-3-2-11(8-16)7-13(14)15/h2-7H,9H2,1H3. The van der Waals surface area contributed by atoms with Crippen LogP contribution < -0.4 is 4.74 Å². The Labute approximate surface area is 120 Å². The lowest BCUT2D eigenvalue weighted by atomic mass is 10.2. The van der Waals surface area contributed by atoms with Crippen molar-refractivity contribution in [2.45, 2.75) is 13.5 Å². The molecule has 18 heavy (non-hydrogen) atoms. The molecule has 0 bridgehead atoms. The molecule has 1 heterocycles. The average molecular weight is 350 g/mol. The summed E-state index contributed by atoms with van der Waals surface area (Å²) in [5.41, 5.74) is 2.70. The maximum Gasteiger partial charge on any atom is 0.133 e. The molecule has 0 N–H and O–H groups in total. The van der Waals surface area contributed by atoms with Crippen molar-refractivity contribution in [3.05, 3.63) is 56.9 Å². The zero-order valence-corrected chi connectivity index (χ0v) is 12.0. The molecule has 1 aromatic carbocycles. The second-order valence-corrected chi connectivity index (χ2v) is 5.03. The minimum atomic E-state index is 0.434. The van der Waals surface area contributed by atoms with E-state index in [0.717, 1.165) is 20.6 Å². The predicted octanol–water partition coefficient (Wildman–Crippen LogP) is 3.45. The first-order valence-corrected chi connectivity index (χ1v) is 6.51. The zero-order valence-electron chi connectivity index (χ0n) is 9.85. The van der Waals surface area contributed by atoms with Crippen LogP contribution in [0.15, 0.2) is 36.5 Å². The summed E-state index contributed by atoms with van der Waals surface area (Å²) in [6.07, 6.45) is 1.78. The maximum absolute atomic E-state index is 8.79. The van der Waals surface area contributed by atoms with E-state index in [1.54, 1.807) is 18.3 Å². The van der Waals surface area contributed by atoms with Gasteiger partial charge in [0, 0.05) is 6.20 Å².